The second kappa shape index (κ2) is 7.03. The third-order valence-corrected chi connectivity index (χ3v) is 4.09. The van der Waals surface area contributed by atoms with Crippen molar-refractivity contribution >= 4 is 28.2 Å². The average molecular weight is 360 g/mol. The normalized spacial score (nSPS) is 10.6. The lowest BCUT2D eigenvalue weighted by molar-refractivity contribution is 0.355. The fourth-order valence-corrected chi connectivity index (χ4v) is 2.71. The van der Waals surface area contributed by atoms with Gasteiger partial charge in [-0.1, -0.05) is 11.6 Å². The van der Waals surface area contributed by atoms with Gasteiger partial charge in [-0.25, -0.2) is 4.98 Å². The number of nitrogens with zero attached hydrogens (tertiary/aromatic N) is 2. The predicted octanol–water partition coefficient (Wildman–Crippen LogP) is 4.44. The summed E-state index contributed by atoms with van der Waals surface area (Å²) in [6.45, 7) is 1.88. The lowest BCUT2D eigenvalue weighted by Gasteiger charge is -2.13. The molecule has 7 heteroatoms. The minimum absolute atomic E-state index is 0.334. The molecule has 0 radical (unpaired) electrons. The Balaban J connectivity index is 2.09. The Bertz CT molecular complexity index is 931. The summed E-state index contributed by atoms with van der Waals surface area (Å²) < 4.78 is 16.6. The summed E-state index contributed by atoms with van der Waals surface area (Å²) in [7, 11) is 4.98. The quantitative estimate of drug-likeness (QED) is 0.726. The molecule has 0 unspecified atom stereocenters. The number of pyridine rings is 2. The molecule has 0 aliphatic carbocycles. The molecule has 3 rings (SSSR count). The van der Waals surface area contributed by atoms with E-state index in [1.165, 1.54) is 0 Å². The number of nitrogens with one attached hydrogen (secondary N) is 1. The van der Waals surface area contributed by atoms with Gasteiger partial charge in [-0.05, 0) is 25.1 Å². The fraction of sp³-hybridized carbons (Fsp3) is 0.222. The number of benzene rings is 1. The van der Waals surface area contributed by atoms with Crippen LogP contribution in [0.5, 0.6) is 23.1 Å². The molecule has 3 aromatic rings. The number of anilines is 1. The first-order valence-corrected chi connectivity index (χ1v) is 7.98. The molecule has 0 spiro atoms. The number of fused-ring (bicyclic) bond motifs is 1. The first-order valence-electron chi connectivity index (χ1n) is 7.61. The number of hydrogen-bond acceptors (Lipinski definition) is 6. The van der Waals surface area contributed by atoms with E-state index in [2.05, 4.69) is 15.3 Å². The molecule has 130 valence electrons. The molecule has 0 saturated heterocycles. The zero-order valence-electron chi connectivity index (χ0n) is 14.4. The second-order valence-electron chi connectivity index (χ2n) is 5.29. The molecule has 0 atom stereocenters. The zero-order chi connectivity index (χ0) is 18.0. The van der Waals surface area contributed by atoms with E-state index in [9.17, 15) is 0 Å². The number of halogens is 1. The van der Waals surface area contributed by atoms with Crippen molar-refractivity contribution in [3.8, 4) is 23.1 Å². The van der Waals surface area contributed by atoms with E-state index < -0.39 is 0 Å². The molecule has 0 aliphatic heterocycles. The minimum Gasteiger partial charge on any atom is -0.493 e. The van der Waals surface area contributed by atoms with Gasteiger partial charge in [0.2, 0.25) is 5.88 Å². The van der Waals surface area contributed by atoms with Crippen LogP contribution in [0.25, 0.3) is 10.9 Å². The van der Waals surface area contributed by atoms with Gasteiger partial charge in [0, 0.05) is 24.7 Å². The molecule has 0 amide bonds. The molecule has 25 heavy (non-hydrogen) atoms. The maximum Gasteiger partial charge on any atom is 0.238 e. The highest BCUT2D eigenvalue weighted by atomic mass is 35.5. The Morgan fingerprint density at radius 1 is 1.04 bits per heavy atom. The van der Waals surface area contributed by atoms with E-state index in [4.69, 9.17) is 25.8 Å². The molecule has 0 aliphatic rings. The van der Waals surface area contributed by atoms with Crippen LogP contribution in [0.3, 0.4) is 0 Å². The van der Waals surface area contributed by atoms with Crippen LogP contribution in [0.15, 0.2) is 30.5 Å². The summed E-state index contributed by atoms with van der Waals surface area (Å²) in [4.78, 5) is 8.78. The molecule has 1 aromatic carbocycles. The first kappa shape index (κ1) is 17.1. The maximum atomic E-state index is 6.30. The summed E-state index contributed by atoms with van der Waals surface area (Å²) in [5.74, 6) is 2.11. The summed E-state index contributed by atoms with van der Waals surface area (Å²) in [5.41, 5.74) is 2.36. The number of ether oxygens (including phenoxy) is 3. The minimum atomic E-state index is 0.334. The molecule has 1 N–H and O–H groups in total. The highest BCUT2D eigenvalue weighted by Gasteiger charge is 2.14. The SMILES string of the molecule is CNc1cc(Cl)c(Oc2ccnc3cc(OC)c(OC)cc23)nc1C. The number of hydrogen-bond donors (Lipinski definition) is 1. The maximum absolute atomic E-state index is 6.30. The van der Waals surface area contributed by atoms with Gasteiger partial charge in [-0.15, -0.1) is 0 Å². The van der Waals surface area contributed by atoms with Gasteiger partial charge in [0.25, 0.3) is 0 Å². The monoisotopic (exact) mass is 359 g/mol. The van der Waals surface area contributed by atoms with Crippen LogP contribution in [0.1, 0.15) is 5.69 Å². The Morgan fingerprint density at radius 3 is 2.44 bits per heavy atom. The van der Waals surface area contributed by atoms with Crippen LogP contribution in [0.4, 0.5) is 5.69 Å². The Kier molecular flexibility index (Phi) is 4.81. The molecular weight excluding hydrogens is 342 g/mol. The average Bonchev–Trinajstić information content (AvgIpc) is 2.63. The van der Waals surface area contributed by atoms with E-state index in [0.29, 0.717) is 28.2 Å². The summed E-state index contributed by atoms with van der Waals surface area (Å²) >= 11 is 6.30. The Morgan fingerprint density at radius 2 is 1.76 bits per heavy atom. The van der Waals surface area contributed by atoms with Crippen molar-refractivity contribution in [2.75, 3.05) is 26.6 Å². The Hall–Kier alpha value is -2.73. The van der Waals surface area contributed by atoms with Crippen molar-refractivity contribution in [1.29, 1.82) is 0 Å². The number of aromatic nitrogens is 2. The van der Waals surface area contributed by atoms with Crippen LogP contribution in [0, 0.1) is 6.92 Å². The first-order chi connectivity index (χ1) is 12.1. The molecule has 2 aromatic heterocycles. The molecule has 2 heterocycles. The summed E-state index contributed by atoms with van der Waals surface area (Å²) in [5, 5.41) is 4.23. The second-order valence-corrected chi connectivity index (χ2v) is 5.70. The summed E-state index contributed by atoms with van der Waals surface area (Å²) in [6.07, 6.45) is 1.66. The van der Waals surface area contributed by atoms with Gasteiger partial charge in [-0.3, -0.25) is 4.98 Å². The lowest BCUT2D eigenvalue weighted by atomic mass is 10.2. The van der Waals surface area contributed by atoms with Crippen molar-refractivity contribution in [3.63, 3.8) is 0 Å². The lowest BCUT2D eigenvalue weighted by Crippen LogP contribution is -1.98. The highest BCUT2D eigenvalue weighted by molar-refractivity contribution is 6.32. The number of methoxy groups -OCH3 is 2. The van der Waals surface area contributed by atoms with Gasteiger partial charge in [-0.2, -0.15) is 0 Å². The highest BCUT2D eigenvalue weighted by Crippen LogP contribution is 2.38. The fourth-order valence-electron chi connectivity index (χ4n) is 2.52. The number of aryl methyl sites for hydroxylation is 1. The topological polar surface area (TPSA) is 65.5 Å². The zero-order valence-corrected chi connectivity index (χ0v) is 15.1. The van der Waals surface area contributed by atoms with Gasteiger partial charge >= 0.3 is 0 Å². The predicted molar refractivity (Wildman–Crippen MR) is 98.5 cm³/mol. The molecule has 0 saturated carbocycles. The van der Waals surface area contributed by atoms with Crippen molar-refractivity contribution in [2.24, 2.45) is 0 Å². The van der Waals surface area contributed by atoms with Gasteiger partial charge < -0.3 is 19.5 Å². The van der Waals surface area contributed by atoms with Gasteiger partial charge in [0.05, 0.1) is 31.1 Å². The number of rotatable bonds is 5. The summed E-state index contributed by atoms with van der Waals surface area (Å²) in [6, 6.07) is 7.16. The largest absolute Gasteiger partial charge is 0.493 e. The molecule has 6 nitrogen and oxygen atoms in total. The van der Waals surface area contributed by atoms with E-state index in [1.54, 1.807) is 38.6 Å². The van der Waals surface area contributed by atoms with Crippen molar-refractivity contribution in [3.05, 3.63) is 41.2 Å². The van der Waals surface area contributed by atoms with Crippen molar-refractivity contribution in [1.82, 2.24) is 9.97 Å². The van der Waals surface area contributed by atoms with E-state index >= 15 is 0 Å². The van der Waals surface area contributed by atoms with Crippen LogP contribution in [-0.2, 0) is 0 Å². The standard InChI is InChI=1S/C18H18ClN3O3/c1-10-13(20-2)8-12(19)18(22-10)25-15-5-6-21-14-9-17(24-4)16(23-3)7-11(14)15/h5-9,20H,1-4H3. The van der Waals surface area contributed by atoms with Crippen LogP contribution in [-0.4, -0.2) is 31.2 Å². The molecule has 0 fully saturated rings. The van der Waals surface area contributed by atoms with Crippen molar-refractivity contribution in [2.45, 2.75) is 6.92 Å². The van der Waals surface area contributed by atoms with E-state index in [0.717, 1.165) is 22.3 Å². The van der Waals surface area contributed by atoms with E-state index in [1.807, 2.05) is 20.0 Å². The molecule has 0 bridgehead atoms. The van der Waals surface area contributed by atoms with E-state index in [-0.39, 0.29) is 0 Å². The van der Waals surface area contributed by atoms with Crippen molar-refractivity contribution < 1.29 is 14.2 Å². The smallest absolute Gasteiger partial charge is 0.238 e. The third-order valence-electron chi connectivity index (χ3n) is 3.82. The Labute approximate surface area is 150 Å². The van der Waals surface area contributed by atoms with Crippen LogP contribution >= 0.6 is 11.6 Å². The van der Waals surface area contributed by atoms with Gasteiger partial charge in [0.1, 0.15) is 10.8 Å². The van der Waals surface area contributed by atoms with Crippen LogP contribution < -0.4 is 19.5 Å². The van der Waals surface area contributed by atoms with Gasteiger partial charge in [0.15, 0.2) is 11.5 Å². The van der Waals surface area contributed by atoms with Crippen LogP contribution in [0.2, 0.25) is 5.02 Å². The third kappa shape index (κ3) is 3.25. The molecular formula is C18H18ClN3O3.